The molecule has 0 radical (unpaired) electrons. The summed E-state index contributed by atoms with van der Waals surface area (Å²) in [6.07, 6.45) is -3.18. The SMILES string of the molecule is O=C(O)c1nccnc1C(=O)Nc1ccn(C2OC(CO)C(O)C2(F)F)c(=O)n1. The first-order valence-electron chi connectivity index (χ1n) is 7.93. The second kappa shape index (κ2) is 7.57. The highest BCUT2D eigenvalue weighted by Crippen LogP contribution is 2.41. The van der Waals surface area contributed by atoms with Crippen LogP contribution in [0.1, 0.15) is 27.2 Å². The van der Waals surface area contributed by atoms with Crippen molar-refractivity contribution in [3.8, 4) is 0 Å². The van der Waals surface area contributed by atoms with Gasteiger partial charge in [-0.2, -0.15) is 13.8 Å². The Hall–Kier alpha value is -3.36. The van der Waals surface area contributed by atoms with E-state index < -0.39 is 59.9 Å². The number of nitrogens with zero attached hydrogens (tertiary/aromatic N) is 4. The average molecular weight is 413 g/mol. The van der Waals surface area contributed by atoms with Crippen LogP contribution in [-0.2, 0) is 4.74 Å². The Morgan fingerprint density at radius 1 is 1.28 bits per heavy atom. The van der Waals surface area contributed by atoms with E-state index in [0.29, 0.717) is 4.57 Å². The van der Waals surface area contributed by atoms with E-state index in [-0.39, 0.29) is 5.82 Å². The molecule has 14 heteroatoms. The Kier molecular flexibility index (Phi) is 5.32. The molecule has 0 bridgehead atoms. The maximum atomic E-state index is 14.1. The first kappa shape index (κ1) is 20.4. The minimum absolute atomic E-state index is 0.376. The number of aromatic nitrogens is 4. The predicted octanol–water partition coefficient (Wildman–Crippen LogP) is -1.13. The lowest BCUT2D eigenvalue weighted by Gasteiger charge is -2.21. The Bertz CT molecular complexity index is 1010. The lowest BCUT2D eigenvalue weighted by molar-refractivity contribution is -0.140. The van der Waals surface area contributed by atoms with Gasteiger partial charge in [0.2, 0.25) is 6.23 Å². The summed E-state index contributed by atoms with van der Waals surface area (Å²) in [6.45, 7) is -0.895. The van der Waals surface area contributed by atoms with Crippen LogP contribution in [0.5, 0.6) is 0 Å². The van der Waals surface area contributed by atoms with Crippen LogP contribution in [-0.4, -0.2) is 71.5 Å². The fraction of sp³-hybridized carbons (Fsp3) is 0.333. The van der Waals surface area contributed by atoms with Crippen LogP contribution in [0.15, 0.2) is 29.5 Å². The van der Waals surface area contributed by atoms with Crippen molar-refractivity contribution in [1.82, 2.24) is 19.5 Å². The number of ether oxygens (including phenoxy) is 1. The molecule has 3 heterocycles. The number of carboxylic acid groups (broad SMARTS) is 1. The molecule has 12 nitrogen and oxygen atoms in total. The smallest absolute Gasteiger partial charge is 0.356 e. The standard InChI is InChI=1S/C15H13F2N5O7/c16-15(17)10(24)6(5-23)29-13(15)22-4-1-7(21-14(22)28)20-11(25)8-9(12(26)27)19-3-2-18-8/h1-4,6,10,13,23-24H,5H2,(H,26,27)(H,20,21,25,28). The number of amides is 1. The van der Waals surface area contributed by atoms with Crippen LogP contribution in [0, 0.1) is 0 Å². The number of aliphatic hydroxyl groups excluding tert-OH is 2. The monoisotopic (exact) mass is 413 g/mol. The maximum Gasteiger partial charge on any atom is 0.356 e. The number of alkyl halides is 2. The van der Waals surface area contributed by atoms with E-state index >= 15 is 0 Å². The van der Waals surface area contributed by atoms with Gasteiger partial charge in [0.05, 0.1) is 6.61 Å². The third kappa shape index (κ3) is 3.67. The van der Waals surface area contributed by atoms with Gasteiger partial charge in [0.25, 0.3) is 5.91 Å². The van der Waals surface area contributed by atoms with Crippen molar-refractivity contribution in [2.75, 3.05) is 11.9 Å². The van der Waals surface area contributed by atoms with Crippen molar-refractivity contribution in [3.05, 3.63) is 46.5 Å². The van der Waals surface area contributed by atoms with Gasteiger partial charge in [-0.3, -0.25) is 9.36 Å². The molecular weight excluding hydrogens is 400 g/mol. The van der Waals surface area contributed by atoms with Crippen molar-refractivity contribution < 1.29 is 38.4 Å². The molecule has 2 aromatic rings. The van der Waals surface area contributed by atoms with E-state index in [9.17, 15) is 28.3 Å². The molecule has 3 unspecified atom stereocenters. The molecule has 2 aromatic heterocycles. The second-order valence-electron chi connectivity index (χ2n) is 5.84. The van der Waals surface area contributed by atoms with E-state index in [1.165, 1.54) is 0 Å². The number of halogens is 2. The third-order valence-corrected chi connectivity index (χ3v) is 4.00. The van der Waals surface area contributed by atoms with E-state index in [2.05, 4.69) is 20.3 Å². The van der Waals surface area contributed by atoms with Gasteiger partial charge >= 0.3 is 17.6 Å². The van der Waals surface area contributed by atoms with Crippen molar-refractivity contribution >= 4 is 17.7 Å². The summed E-state index contributed by atoms with van der Waals surface area (Å²) < 4.78 is 33.5. The van der Waals surface area contributed by atoms with Gasteiger partial charge in [-0.15, -0.1) is 0 Å². The number of rotatable bonds is 5. The molecule has 1 amide bonds. The summed E-state index contributed by atoms with van der Waals surface area (Å²) in [4.78, 5) is 45.9. The molecule has 0 saturated carbocycles. The van der Waals surface area contributed by atoms with Crippen molar-refractivity contribution in [3.63, 3.8) is 0 Å². The van der Waals surface area contributed by atoms with Crippen molar-refractivity contribution in [2.45, 2.75) is 24.4 Å². The van der Waals surface area contributed by atoms with E-state index in [1.54, 1.807) is 0 Å². The van der Waals surface area contributed by atoms with E-state index in [1.807, 2.05) is 0 Å². The minimum atomic E-state index is -3.89. The topological polar surface area (TPSA) is 177 Å². The van der Waals surface area contributed by atoms with Gasteiger partial charge in [-0.1, -0.05) is 0 Å². The van der Waals surface area contributed by atoms with Gasteiger partial charge < -0.3 is 25.4 Å². The van der Waals surface area contributed by atoms with Crippen molar-refractivity contribution in [1.29, 1.82) is 0 Å². The number of anilines is 1. The number of carbonyl (C=O) groups is 2. The van der Waals surface area contributed by atoms with E-state index in [0.717, 1.165) is 24.7 Å². The zero-order valence-electron chi connectivity index (χ0n) is 14.3. The van der Waals surface area contributed by atoms with Crippen LogP contribution in [0.3, 0.4) is 0 Å². The molecule has 154 valence electrons. The fourth-order valence-electron chi connectivity index (χ4n) is 2.62. The number of nitrogens with one attached hydrogen (secondary N) is 1. The first-order chi connectivity index (χ1) is 13.7. The first-order valence-corrected chi connectivity index (χ1v) is 7.93. The van der Waals surface area contributed by atoms with Gasteiger partial charge in [-0.25, -0.2) is 19.6 Å². The normalized spacial score (nSPS) is 23.0. The molecule has 4 N–H and O–H groups in total. The highest BCUT2D eigenvalue weighted by atomic mass is 19.3. The molecule has 29 heavy (non-hydrogen) atoms. The van der Waals surface area contributed by atoms with Gasteiger partial charge in [0, 0.05) is 18.6 Å². The third-order valence-electron chi connectivity index (χ3n) is 4.00. The molecule has 1 fully saturated rings. The number of aromatic carboxylic acids is 1. The molecule has 1 aliphatic rings. The molecule has 3 rings (SSSR count). The van der Waals surface area contributed by atoms with Crippen LogP contribution < -0.4 is 11.0 Å². The molecule has 1 aliphatic heterocycles. The molecule has 0 aliphatic carbocycles. The van der Waals surface area contributed by atoms with Gasteiger partial charge in [0.15, 0.2) is 17.5 Å². The minimum Gasteiger partial charge on any atom is -0.476 e. The number of aliphatic hydroxyl groups is 2. The zero-order chi connectivity index (χ0) is 21.3. The molecule has 0 spiro atoms. The second-order valence-corrected chi connectivity index (χ2v) is 5.84. The lowest BCUT2D eigenvalue weighted by atomic mass is 10.1. The quantitative estimate of drug-likeness (QED) is 0.469. The van der Waals surface area contributed by atoms with Crippen LogP contribution in [0.4, 0.5) is 14.6 Å². The number of carboxylic acids is 1. The van der Waals surface area contributed by atoms with Gasteiger partial charge in [-0.05, 0) is 6.07 Å². The summed E-state index contributed by atoms with van der Waals surface area (Å²) in [5, 5.41) is 29.6. The molecule has 0 aromatic carbocycles. The molecule has 3 atom stereocenters. The largest absolute Gasteiger partial charge is 0.476 e. The Labute approximate surface area is 159 Å². The highest BCUT2D eigenvalue weighted by Gasteiger charge is 2.59. The average Bonchev–Trinajstić information content (AvgIpc) is 2.91. The summed E-state index contributed by atoms with van der Waals surface area (Å²) in [6, 6.07) is 0.980. The molecular formula is C15H13F2N5O7. The number of hydrogen-bond acceptors (Lipinski definition) is 9. The van der Waals surface area contributed by atoms with E-state index in [4.69, 9.17) is 14.9 Å². The van der Waals surface area contributed by atoms with Crippen LogP contribution in [0.25, 0.3) is 0 Å². The summed E-state index contributed by atoms with van der Waals surface area (Å²) in [5.74, 6) is -6.82. The zero-order valence-corrected chi connectivity index (χ0v) is 14.3. The van der Waals surface area contributed by atoms with Crippen LogP contribution >= 0.6 is 0 Å². The van der Waals surface area contributed by atoms with Gasteiger partial charge in [0.1, 0.15) is 11.9 Å². The number of carbonyl (C=O) groups excluding carboxylic acids is 1. The predicted molar refractivity (Wildman–Crippen MR) is 87.4 cm³/mol. The Balaban J connectivity index is 1.85. The summed E-state index contributed by atoms with van der Waals surface area (Å²) >= 11 is 0. The number of hydrogen-bond donors (Lipinski definition) is 4. The fourth-order valence-corrected chi connectivity index (χ4v) is 2.62. The van der Waals surface area contributed by atoms with Crippen LogP contribution in [0.2, 0.25) is 0 Å². The van der Waals surface area contributed by atoms with Crippen molar-refractivity contribution in [2.24, 2.45) is 0 Å². The Morgan fingerprint density at radius 2 is 1.93 bits per heavy atom. The molecule has 1 saturated heterocycles. The maximum absolute atomic E-state index is 14.1. The lowest BCUT2D eigenvalue weighted by Crippen LogP contribution is -2.41. The Morgan fingerprint density at radius 3 is 2.48 bits per heavy atom. The summed E-state index contributed by atoms with van der Waals surface area (Å²) in [7, 11) is 0. The summed E-state index contributed by atoms with van der Waals surface area (Å²) in [5.41, 5.74) is -2.44. The highest BCUT2D eigenvalue weighted by molar-refractivity contribution is 6.08.